The Bertz CT molecular complexity index is 537. The summed E-state index contributed by atoms with van der Waals surface area (Å²) >= 11 is 3.04. The summed E-state index contributed by atoms with van der Waals surface area (Å²) in [7, 11) is 0. The van der Waals surface area contributed by atoms with Crippen molar-refractivity contribution in [2.24, 2.45) is 0 Å². The van der Waals surface area contributed by atoms with Crippen molar-refractivity contribution in [1.82, 2.24) is 4.90 Å². The average Bonchev–Trinajstić information content (AvgIpc) is 2.95. The van der Waals surface area contributed by atoms with Crippen molar-refractivity contribution in [1.29, 1.82) is 0 Å². The van der Waals surface area contributed by atoms with E-state index in [4.69, 9.17) is 0 Å². The van der Waals surface area contributed by atoms with Crippen molar-refractivity contribution in [3.8, 4) is 0 Å². The maximum absolute atomic E-state index is 14.3. The highest BCUT2D eigenvalue weighted by Crippen LogP contribution is 2.39. The Morgan fingerprint density at radius 3 is 2.33 bits per heavy atom. The Labute approximate surface area is 132 Å². The van der Waals surface area contributed by atoms with E-state index in [-0.39, 0.29) is 4.47 Å². The lowest BCUT2D eigenvalue weighted by atomic mass is 9.85. The quantitative estimate of drug-likeness (QED) is 0.567. The number of ketones is 1. The van der Waals surface area contributed by atoms with Gasteiger partial charge < -0.3 is 0 Å². The number of Topliss-reactive ketones (excluding diaryl/α,β-unsaturated/α-hetero) is 1. The van der Waals surface area contributed by atoms with E-state index in [0.29, 0.717) is 25.9 Å². The first kappa shape index (κ1) is 16.6. The van der Waals surface area contributed by atoms with E-state index in [1.807, 2.05) is 18.7 Å². The van der Waals surface area contributed by atoms with Gasteiger partial charge in [-0.3, -0.25) is 9.69 Å². The summed E-state index contributed by atoms with van der Waals surface area (Å²) in [5.74, 6) is -1.99. The Morgan fingerprint density at radius 2 is 1.81 bits per heavy atom. The fraction of sp³-hybridized carbons (Fsp3) is 0.562. The van der Waals surface area contributed by atoms with E-state index in [1.54, 1.807) is 0 Å². The van der Waals surface area contributed by atoms with E-state index in [9.17, 15) is 13.6 Å². The Kier molecular flexibility index (Phi) is 5.15. The third-order valence-electron chi connectivity index (χ3n) is 4.49. The number of carbonyl (C=O) groups is 1. The maximum atomic E-state index is 14.3. The molecule has 5 heteroatoms. The number of rotatable bonds is 5. The fourth-order valence-corrected chi connectivity index (χ4v) is 3.77. The Hall–Kier alpha value is -0.810. The van der Waals surface area contributed by atoms with Crippen molar-refractivity contribution >= 4 is 21.7 Å². The van der Waals surface area contributed by atoms with Gasteiger partial charge in [-0.2, -0.15) is 0 Å². The van der Waals surface area contributed by atoms with Crippen LogP contribution in [0, 0.1) is 11.6 Å². The zero-order valence-electron chi connectivity index (χ0n) is 12.4. The molecule has 2 nitrogen and oxygen atoms in total. The molecule has 0 radical (unpaired) electrons. The zero-order chi connectivity index (χ0) is 15.6. The maximum Gasteiger partial charge on any atom is 0.189 e. The molecular formula is C16H20BrF2NO. The predicted octanol–water partition coefficient (Wildman–Crippen LogP) is 4.56. The third kappa shape index (κ3) is 2.78. The first-order chi connectivity index (χ1) is 9.97. The van der Waals surface area contributed by atoms with Crippen LogP contribution < -0.4 is 0 Å². The smallest absolute Gasteiger partial charge is 0.189 e. The molecule has 0 atom stereocenters. The molecule has 0 aromatic heterocycles. The van der Waals surface area contributed by atoms with Crippen LogP contribution in [0.3, 0.4) is 0 Å². The molecule has 1 saturated carbocycles. The molecule has 0 saturated heterocycles. The molecule has 1 aromatic carbocycles. The number of likely N-dealkylation sites (N-methyl/N-ethyl adjacent to an activating group) is 1. The van der Waals surface area contributed by atoms with Crippen LogP contribution in [-0.4, -0.2) is 29.3 Å². The molecule has 0 aliphatic heterocycles. The largest absolute Gasteiger partial charge is 0.292 e. The number of benzene rings is 1. The van der Waals surface area contributed by atoms with Gasteiger partial charge in [-0.15, -0.1) is 0 Å². The van der Waals surface area contributed by atoms with Crippen LogP contribution in [-0.2, 0) is 0 Å². The van der Waals surface area contributed by atoms with Gasteiger partial charge in [0.25, 0.3) is 0 Å². The molecule has 0 amide bonds. The Morgan fingerprint density at radius 1 is 1.24 bits per heavy atom. The minimum absolute atomic E-state index is 0.125. The van der Waals surface area contributed by atoms with Gasteiger partial charge in [0.2, 0.25) is 0 Å². The summed E-state index contributed by atoms with van der Waals surface area (Å²) in [6.07, 6.45) is 3.16. The molecule has 0 heterocycles. The van der Waals surface area contributed by atoms with E-state index >= 15 is 0 Å². The van der Waals surface area contributed by atoms with Crippen LogP contribution in [0.5, 0.6) is 0 Å². The molecule has 1 aromatic rings. The van der Waals surface area contributed by atoms with E-state index in [1.165, 1.54) is 6.07 Å². The summed E-state index contributed by atoms with van der Waals surface area (Å²) in [6, 6.07) is 2.44. The highest BCUT2D eigenvalue weighted by molar-refractivity contribution is 9.10. The number of halogens is 3. The van der Waals surface area contributed by atoms with Gasteiger partial charge in [-0.05, 0) is 54.0 Å². The van der Waals surface area contributed by atoms with Crippen LogP contribution >= 0.6 is 15.9 Å². The molecule has 0 unspecified atom stereocenters. The fourth-order valence-electron chi connectivity index (χ4n) is 3.44. The Balaban J connectivity index is 2.52. The summed E-state index contributed by atoms with van der Waals surface area (Å²) < 4.78 is 28.5. The number of hydrogen-bond donors (Lipinski definition) is 0. The molecule has 1 aliphatic rings. The lowest BCUT2D eigenvalue weighted by Gasteiger charge is -2.39. The first-order valence-electron chi connectivity index (χ1n) is 7.41. The van der Waals surface area contributed by atoms with E-state index in [2.05, 4.69) is 15.9 Å². The second kappa shape index (κ2) is 6.53. The standard InChI is InChI=1S/C16H20BrF2NO/c1-3-20(4-2)16(9-5-6-10-16)15(21)13-12(18)8-7-11(17)14(13)19/h7-8H,3-6,9-10H2,1-2H3. The molecule has 0 bridgehead atoms. The molecule has 2 rings (SSSR count). The molecule has 1 fully saturated rings. The third-order valence-corrected chi connectivity index (χ3v) is 5.11. The van der Waals surface area contributed by atoms with Gasteiger partial charge in [-0.25, -0.2) is 8.78 Å². The second-order valence-electron chi connectivity index (χ2n) is 5.46. The van der Waals surface area contributed by atoms with Crippen molar-refractivity contribution in [2.45, 2.75) is 45.1 Å². The topological polar surface area (TPSA) is 20.3 Å². The van der Waals surface area contributed by atoms with Gasteiger partial charge in [0.05, 0.1) is 15.6 Å². The number of carbonyl (C=O) groups excluding carboxylic acids is 1. The summed E-state index contributed by atoms with van der Waals surface area (Å²) in [5, 5.41) is 0. The zero-order valence-corrected chi connectivity index (χ0v) is 14.0. The molecule has 1 aliphatic carbocycles. The van der Waals surface area contributed by atoms with Crippen LogP contribution in [0.1, 0.15) is 49.9 Å². The monoisotopic (exact) mass is 359 g/mol. The van der Waals surface area contributed by atoms with Crippen molar-refractivity contribution in [3.05, 3.63) is 33.8 Å². The van der Waals surface area contributed by atoms with Crippen molar-refractivity contribution in [2.75, 3.05) is 13.1 Å². The van der Waals surface area contributed by atoms with Crippen LogP contribution in [0.25, 0.3) is 0 Å². The van der Waals surface area contributed by atoms with Crippen molar-refractivity contribution in [3.63, 3.8) is 0 Å². The normalized spacial score (nSPS) is 17.4. The molecule has 0 spiro atoms. The average molecular weight is 360 g/mol. The lowest BCUT2D eigenvalue weighted by molar-refractivity contribution is 0.0575. The number of hydrogen-bond acceptors (Lipinski definition) is 2. The van der Waals surface area contributed by atoms with Gasteiger partial charge in [0.15, 0.2) is 11.6 Å². The molecule has 21 heavy (non-hydrogen) atoms. The van der Waals surface area contributed by atoms with Gasteiger partial charge in [0.1, 0.15) is 5.82 Å². The van der Waals surface area contributed by atoms with Gasteiger partial charge in [-0.1, -0.05) is 26.7 Å². The number of nitrogens with zero attached hydrogens (tertiary/aromatic N) is 1. The first-order valence-corrected chi connectivity index (χ1v) is 8.20. The van der Waals surface area contributed by atoms with E-state index in [0.717, 1.165) is 18.9 Å². The minimum Gasteiger partial charge on any atom is -0.292 e. The predicted molar refractivity (Wildman–Crippen MR) is 82.5 cm³/mol. The molecule has 0 N–H and O–H groups in total. The molecular weight excluding hydrogens is 340 g/mol. The van der Waals surface area contributed by atoms with Crippen molar-refractivity contribution < 1.29 is 13.6 Å². The summed E-state index contributed by atoms with van der Waals surface area (Å²) in [4.78, 5) is 15.0. The highest BCUT2D eigenvalue weighted by atomic mass is 79.9. The molecule has 116 valence electrons. The van der Waals surface area contributed by atoms with E-state index < -0.39 is 28.5 Å². The highest BCUT2D eigenvalue weighted by Gasteiger charge is 2.46. The second-order valence-corrected chi connectivity index (χ2v) is 6.31. The van der Waals surface area contributed by atoms with Gasteiger partial charge in [0, 0.05) is 0 Å². The van der Waals surface area contributed by atoms with Crippen LogP contribution in [0.2, 0.25) is 0 Å². The van der Waals surface area contributed by atoms with Crippen LogP contribution in [0.4, 0.5) is 8.78 Å². The van der Waals surface area contributed by atoms with Crippen LogP contribution in [0.15, 0.2) is 16.6 Å². The summed E-state index contributed by atoms with van der Waals surface area (Å²) in [5.41, 5.74) is -1.16. The van der Waals surface area contributed by atoms with Gasteiger partial charge >= 0.3 is 0 Å². The lowest BCUT2D eigenvalue weighted by Crippen LogP contribution is -2.53. The summed E-state index contributed by atoms with van der Waals surface area (Å²) in [6.45, 7) is 5.34. The SMILES string of the molecule is CCN(CC)C1(C(=O)c2c(F)ccc(Br)c2F)CCCC1. The minimum atomic E-state index is -0.793.